The fraction of sp³-hybridized carbons (Fsp3) is 0.714. The molecule has 5 heteroatoms. The minimum absolute atomic E-state index is 0.343. The minimum Gasteiger partial charge on any atom is -0.329 e. The molecule has 108 valence electrons. The highest BCUT2D eigenvalue weighted by Crippen LogP contribution is 2.29. The number of halogens is 1. The van der Waals surface area contributed by atoms with Crippen LogP contribution in [0.25, 0.3) is 0 Å². The Bertz CT molecular complexity index is 396. The molecule has 0 saturated carbocycles. The maximum absolute atomic E-state index is 5.99. The molecule has 1 aromatic rings. The molecular formula is C14H24BrN3S. The van der Waals surface area contributed by atoms with Gasteiger partial charge in [-0.2, -0.15) is 0 Å². The summed E-state index contributed by atoms with van der Waals surface area (Å²) in [5, 5.41) is 2.14. The van der Waals surface area contributed by atoms with Gasteiger partial charge in [-0.15, -0.1) is 11.3 Å². The smallest absolute Gasteiger partial charge is 0.0562 e. The fourth-order valence-corrected chi connectivity index (χ4v) is 4.62. The first kappa shape index (κ1) is 15.4. The molecule has 0 amide bonds. The Morgan fingerprint density at radius 1 is 1.63 bits per heavy atom. The van der Waals surface area contributed by atoms with Crippen molar-refractivity contribution in [2.45, 2.75) is 31.8 Å². The molecule has 0 spiro atoms. The van der Waals surface area contributed by atoms with Crippen molar-refractivity contribution in [1.29, 1.82) is 0 Å². The molecule has 3 nitrogen and oxygen atoms in total. The van der Waals surface area contributed by atoms with Crippen molar-refractivity contribution in [3.63, 3.8) is 0 Å². The van der Waals surface area contributed by atoms with Crippen LogP contribution in [0.5, 0.6) is 0 Å². The predicted molar refractivity (Wildman–Crippen MR) is 86.7 cm³/mol. The van der Waals surface area contributed by atoms with Crippen molar-refractivity contribution < 1.29 is 0 Å². The average Bonchev–Trinajstić information content (AvgIpc) is 2.99. The Kier molecular flexibility index (Phi) is 5.84. The Labute approximate surface area is 128 Å². The first-order valence-electron chi connectivity index (χ1n) is 7.04. The zero-order valence-corrected chi connectivity index (χ0v) is 14.2. The van der Waals surface area contributed by atoms with E-state index in [-0.39, 0.29) is 0 Å². The van der Waals surface area contributed by atoms with E-state index >= 15 is 0 Å². The van der Waals surface area contributed by atoms with E-state index < -0.39 is 0 Å². The van der Waals surface area contributed by atoms with Crippen molar-refractivity contribution in [1.82, 2.24) is 9.80 Å². The summed E-state index contributed by atoms with van der Waals surface area (Å²) in [4.78, 5) is 6.38. The minimum atomic E-state index is 0.343. The number of nitrogens with two attached hydrogens (primary N) is 1. The number of thiophene rings is 1. The van der Waals surface area contributed by atoms with Crippen molar-refractivity contribution in [2.24, 2.45) is 5.73 Å². The molecule has 1 aliphatic rings. The van der Waals surface area contributed by atoms with Crippen LogP contribution in [0.2, 0.25) is 0 Å². The third kappa shape index (κ3) is 3.79. The van der Waals surface area contributed by atoms with Gasteiger partial charge in [-0.3, -0.25) is 9.80 Å². The first-order valence-corrected chi connectivity index (χ1v) is 8.71. The van der Waals surface area contributed by atoms with E-state index in [1.807, 2.05) is 0 Å². The topological polar surface area (TPSA) is 32.5 Å². The molecule has 1 aromatic heterocycles. The van der Waals surface area contributed by atoms with E-state index in [4.69, 9.17) is 5.73 Å². The molecule has 2 N–H and O–H groups in total. The van der Waals surface area contributed by atoms with Crippen LogP contribution in [0.4, 0.5) is 0 Å². The highest BCUT2D eigenvalue weighted by molar-refractivity contribution is 9.10. The van der Waals surface area contributed by atoms with Gasteiger partial charge in [0.15, 0.2) is 0 Å². The Hall–Kier alpha value is 0.0600. The SMILES string of the molecule is CCN1CCCC1CN(C)C(CN)c1cc(Br)cs1. The summed E-state index contributed by atoms with van der Waals surface area (Å²) < 4.78 is 1.16. The molecule has 0 radical (unpaired) electrons. The second kappa shape index (κ2) is 7.18. The molecule has 1 fully saturated rings. The van der Waals surface area contributed by atoms with E-state index in [0.717, 1.165) is 17.6 Å². The van der Waals surface area contributed by atoms with Crippen molar-refractivity contribution >= 4 is 27.3 Å². The lowest BCUT2D eigenvalue weighted by molar-refractivity contribution is 0.167. The highest BCUT2D eigenvalue weighted by atomic mass is 79.9. The van der Waals surface area contributed by atoms with Gasteiger partial charge in [-0.1, -0.05) is 6.92 Å². The van der Waals surface area contributed by atoms with Gasteiger partial charge in [0.05, 0.1) is 6.04 Å². The molecule has 0 aliphatic carbocycles. The maximum atomic E-state index is 5.99. The van der Waals surface area contributed by atoms with Gasteiger partial charge < -0.3 is 5.73 Å². The molecule has 19 heavy (non-hydrogen) atoms. The van der Waals surface area contributed by atoms with Gasteiger partial charge in [0.1, 0.15) is 0 Å². The number of likely N-dealkylation sites (tertiary alicyclic amines) is 1. The van der Waals surface area contributed by atoms with Crippen LogP contribution < -0.4 is 5.73 Å². The monoisotopic (exact) mass is 345 g/mol. The number of rotatable bonds is 6. The van der Waals surface area contributed by atoms with E-state index in [9.17, 15) is 0 Å². The van der Waals surface area contributed by atoms with Gasteiger partial charge in [-0.25, -0.2) is 0 Å². The van der Waals surface area contributed by atoms with Crippen LogP contribution in [0.15, 0.2) is 15.9 Å². The van der Waals surface area contributed by atoms with Gasteiger partial charge in [0.25, 0.3) is 0 Å². The van der Waals surface area contributed by atoms with Gasteiger partial charge in [0.2, 0.25) is 0 Å². The predicted octanol–water partition coefficient (Wildman–Crippen LogP) is 2.93. The summed E-state index contributed by atoms with van der Waals surface area (Å²) in [7, 11) is 2.21. The summed E-state index contributed by atoms with van der Waals surface area (Å²) in [5.74, 6) is 0. The normalized spacial score (nSPS) is 22.3. The molecule has 0 aromatic carbocycles. The number of nitrogens with zero attached hydrogens (tertiary/aromatic N) is 2. The molecule has 1 aliphatic heterocycles. The van der Waals surface area contributed by atoms with Gasteiger partial charge in [-0.05, 0) is 55.0 Å². The molecule has 2 heterocycles. The van der Waals surface area contributed by atoms with Crippen molar-refractivity contribution in [3.05, 3.63) is 20.8 Å². The van der Waals surface area contributed by atoms with Gasteiger partial charge in [0, 0.05) is 33.9 Å². The van der Waals surface area contributed by atoms with E-state index in [0.29, 0.717) is 18.6 Å². The molecule has 0 bridgehead atoms. The zero-order valence-electron chi connectivity index (χ0n) is 11.8. The summed E-state index contributed by atoms with van der Waals surface area (Å²) in [6.45, 7) is 6.48. The number of hydrogen-bond donors (Lipinski definition) is 1. The molecule has 1 saturated heterocycles. The largest absolute Gasteiger partial charge is 0.329 e. The Morgan fingerprint density at radius 3 is 3.00 bits per heavy atom. The fourth-order valence-electron chi connectivity index (χ4n) is 2.99. The second-order valence-corrected chi connectivity index (χ2v) is 7.14. The van der Waals surface area contributed by atoms with Crippen LogP contribution in [0.3, 0.4) is 0 Å². The molecule has 2 rings (SSSR count). The summed E-state index contributed by atoms with van der Waals surface area (Å²) >= 11 is 5.32. The quantitative estimate of drug-likeness (QED) is 0.860. The van der Waals surface area contributed by atoms with E-state index in [1.165, 1.54) is 24.3 Å². The average molecular weight is 346 g/mol. The molecule has 2 unspecified atom stereocenters. The van der Waals surface area contributed by atoms with Crippen LogP contribution >= 0.6 is 27.3 Å². The van der Waals surface area contributed by atoms with Crippen molar-refractivity contribution in [3.8, 4) is 0 Å². The zero-order chi connectivity index (χ0) is 13.8. The summed E-state index contributed by atoms with van der Waals surface area (Å²) in [6, 6.07) is 3.24. The number of likely N-dealkylation sites (N-methyl/N-ethyl adjacent to an activating group) is 2. The third-order valence-electron chi connectivity index (χ3n) is 4.08. The maximum Gasteiger partial charge on any atom is 0.0562 e. The summed E-state index contributed by atoms with van der Waals surface area (Å²) in [6.07, 6.45) is 2.66. The van der Waals surface area contributed by atoms with Crippen LogP contribution in [-0.4, -0.2) is 49.1 Å². The van der Waals surface area contributed by atoms with Crippen LogP contribution in [0, 0.1) is 0 Å². The van der Waals surface area contributed by atoms with Crippen LogP contribution in [-0.2, 0) is 0 Å². The lowest BCUT2D eigenvalue weighted by Gasteiger charge is -2.32. The van der Waals surface area contributed by atoms with E-state index in [1.54, 1.807) is 11.3 Å². The van der Waals surface area contributed by atoms with Crippen LogP contribution in [0.1, 0.15) is 30.7 Å². The number of hydrogen-bond acceptors (Lipinski definition) is 4. The lowest BCUT2D eigenvalue weighted by atomic mass is 10.1. The Morgan fingerprint density at radius 2 is 2.42 bits per heavy atom. The Balaban J connectivity index is 1.99. The summed E-state index contributed by atoms with van der Waals surface area (Å²) in [5.41, 5.74) is 5.99. The first-order chi connectivity index (χ1) is 9.15. The van der Waals surface area contributed by atoms with Gasteiger partial charge >= 0.3 is 0 Å². The standard InChI is InChI=1S/C14H24BrN3S/c1-3-18-6-4-5-12(18)9-17(2)13(8-16)14-7-11(15)10-19-14/h7,10,12-13H,3-6,8-9,16H2,1-2H3. The lowest BCUT2D eigenvalue weighted by Crippen LogP contribution is -2.41. The van der Waals surface area contributed by atoms with E-state index in [2.05, 4.69) is 51.1 Å². The third-order valence-corrected chi connectivity index (χ3v) is 5.87. The van der Waals surface area contributed by atoms with Crippen molar-refractivity contribution in [2.75, 3.05) is 33.2 Å². The second-order valence-electron chi connectivity index (χ2n) is 5.28. The molecule has 2 atom stereocenters. The molecular weight excluding hydrogens is 322 g/mol. The highest BCUT2D eigenvalue weighted by Gasteiger charge is 2.27.